The van der Waals surface area contributed by atoms with Gasteiger partial charge >= 0.3 is 6.03 Å². The Kier molecular flexibility index (Phi) is 6.17. The van der Waals surface area contributed by atoms with E-state index in [1.807, 2.05) is 12.1 Å². The molecule has 1 heterocycles. The zero-order chi connectivity index (χ0) is 18.4. The molecule has 0 aliphatic carbocycles. The molecule has 2 aromatic rings. The third-order valence-electron chi connectivity index (χ3n) is 3.99. The van der Waals surface area contributed by atoms with E-state index in [2.05, 4.69) is 10.6 Å². The van der Waals surface area contributed by atoms with Crippen LogP contribution in [0.25, 0.3) is 0 Å². The summed E-state index contributed by atoms with van der Waals surface area (Å²) >= 11 is 6.19. The first kappa shape index (κ1) is 18.3. The normalized spacial score (nSPS) is 12.5. The molecule has 2 aromatic carbocycles. The van der Waals surface area contributed by atoms with Crippen LogP contribution in [0.2, 0.25) is 5.02 Å². The third kappa shape index (κ3) is 4.79. The van der Waals surface area contributed by atoms with Crippen molar-refractivity contribution in [3.8, 4) is 11.5 Å². The van der Waals surface area contributed by atoms with Gasteiger partial charge in [-0.1, -0.05) is 29.8 Å². The summed E-state index contributed by atoms with van der Waals surface area (Å²) in [5.41, 5.74) is 1.53. The molecule has 26 heavy (non-hydrogen) atoms. The molecule has 138 valence electrons. The second-order valence-corrected chi connectivity index (χ2v) is 6.28. The molecule has 0 unspecified atom stereocenters. The van der Waals surface area contributed by atoms with Crippen molar-refractivity contribution in [2.75, 3.05) is 26.3 Å². The fraction of sp³-hybridized carbons (Fsp3) is 0.316. The van der Waals surface area contributed by atoms with Crippen molar-refractivity contribution < 1.29 is 18.7 Å². The molecule has 1 aliphatic heterocycles. The highest BCUT2D eigenvalue weighted by molar-refractivity contribution is 6.32. The number of urea groups is 1. The van der Waals surface area contributed by atoms with Crippen molar-refractivity contribution in [2.24, 2.45) is 0 Å². The van der Waals surface area contributed by atoms with Crippen LogP contribution in [0.5, 0.6) is 11.5 Å². The molecule has 7 heteroatoms. The number of fused-ring (bicyclic) bond motifs is 1. The third-order valence-corrected chi connectivity index (χ3v) is 4.27. The summed E-state index contributed by atoms with van der Waals surface area (Å²) in [6.07, 6.45) is 1.05. The molecular weight excluding hydrogens is 359 g/mol. The topological polar surface area (TPSA) is 59.6 Å². The fourth-order valence-electron chi connectivity index (χ4n) is 2.70. The minimum atomic E-state index is -0.287. The number of carbonyl (C=O) groups is 1. The summed E-state index contributed by atoms with van der Waals surface area (Å²) in [5, 5.41) is 6.00. The van der Waals surface area contributed by atoms with E-state index in [-0.39, 0.29) is 11.8 Å². The number of benzene rings is 2. The van der Waals surface area contributed by atoms with Crippen LogP contribution < -0.4 is 20.1 Å². The first-order chi connectivity index (χ1) is 12.6. The van der Waals surface area contributed by atoms with Crippen LogP contribution in [0.3, 0.4) is 0 Å². The highest BCUT2D eigenvalue weighted by Crippen LogP contribution is 2.38. The number of halogens is 2. The van der Waals surface area contributed by atoms with Gasteiger partial charge < -0.3 is 20.1 Å². The fourth-order valence-corrected chi connectivity index (χ4v) is 2.99. The van der Waals surface area contributed by atoms with E-state index < -0.39 is 0 Å². The SMILES string of the molecule is O=C(NCCc1cc(Cl)c2c(c1)OCCO2)NCCc1ccccc1F. The van der Waals surface area contributed by atoms with Crippen LogP contribution in [0.1, 0.15) is 11.1 Å². The van der Waals surface area contributed by atoms with Gasteiger partial charge in [-0.3, -0.25) is 0 Å². The Balaban J connectivity index is 1.41. The standard InChI is InChI=1S/C19H20ClFN2O3/c20-15-11-13(12-17-18(15)26-10-9-25-17)5-7-22-19(24)23-8-6-14-3-1-2-4-16(14)21/h1-4,11-12H,5-10H2,(H2,22,23,24). The number of hydrogen-bond acceptors (Lipinski definition) is 3. The van der Waals surface area contributed by atoms with Crippen LogP contribution >= 0.6 is 11.6 Å². The van der Waals surface area contributed by atoms with Gasteiger partial charge in [-0.15, -0.1) is 0 Å². The van der Waals surface area contributed by atoms with E-state index in [0.717, 1.165) is 5.56 Å². The largest absolute Gasteiger partial charge is 0.486 e. The molecular formula is C19H20ClFN2O3. The number of amides is 2. The first-order valence-corrected chi connectivity index (χ1v) is 8.84. The van der Waals surface area contributed by atoms with Gasteiger partial charge in [-0.25, -0.2) is 9.18 Å². The molecule has 0 bridgehead atoms. The molecule has 5 nitrogen and oxygen atoms in total. The van der Waals surface area contributed by atoms with E-state index >= 15 is 0 Å². The maximum Gasteiger partial charge on any atom is 0.314 e. The van der Waals surface area contributed by atoms with E-state index in [0.29, 0.717) is 61.2 Å². The van der Waals surface area contributed by atoms with Gasteiger partial charge in [-0.2, -0.15) is 0 Å². The lowest BCUT2D eigenvalue weighted by molar-refractivity contribution is 0.171. The van der Waals surface area contributed by atoms with E-state index in [1.54, 1.807) is 18.2 Å². The van der Waals surface area contributed by atoms with Crippen LogP contribution in [-0.4, -0.2) is 32.3 Å². The minimum absolute atomic E-state index is 0.259. The van der Waals surface area contributed by atoms with Gasteiger partial charge in [0.15, 0.2) is 11.5 Å². The van der Waals surface area contributed by atoms with Crippen molar-refractivity contribution in [1.29, 1.82) is 0 Å². The first-order valence-electron chi connectivity index (χ1n) is 8.46. The van der Waals surface area contributed by atoms with Crippen molar-refractivity contribution in [3.63, 3.8) is 0 Å². The molecule has 3 rings (SSSR count). The molecule has 1 aliphatic rings. The van der Waals surface area contributed by atoms with Gasteiger partial charge in [0.2, 0.25) is 0 Å². The summed E-state index contributed by atoms with van der Waals surface area (Å²) in [4.78, 5) is 11.8. The number of carbonyl (C=O) groups excluding carboxylic acids is 1. The van der Waals surface area contributed by atoms with Gasteiger partial charge in [0.05, 0.1) is 5.02 Å². The Morgan fingerprint density at radius 2 is 1.81 bits per heavy atom. The molecule has 2 N–H and O–H groups in total. The Labute approximate surface area is 156 Å². The van der Waals surface area contributed by atoms with Crippen molar-refractivity contribution >= 4 is 17.6 Å². The quantitative estimate of drug-likeness (QED) is 0.810. The predicted molar refractivity (Wildman–Crippen MR) is 97.7 cm³/mol. The molecule has 2 amide bonds. The summed E-state index contributed by atoms with van der Waals surface area (Å²) in [6.45, 7) is 1.79. The molecule has 0 saturated heterocycles. The second-order valence-electron chi connectivity index (χ2n) is 5.88. The number of hydrogen-bond donors (Lipinski definition) is 2. The molecule has 0 radical (unpaired) electrons. The van der Waals surface area contributed by atoms with Crippen molar-refractivity contribution in [1.82, 2.24) is 10.6 Å². The summed E-state index contributed by atoms with van der Waals surface area (Å²) < 4.78 is 24.5. The van der Waals surface area contributed by atoms with E-state index in [1.165, 1.54) is 6.07 Å². The summed E-state index contributed by atoms with van der Waals surface area (Å²) in [7, 11) is 0. The lowest BCUT2D eigenvalue weighted by Crippen LogP contribution is -2.37. The lowest BCUT2D eigenvalue weighted by Gasteiger charge is -2.20. The number of nitrogens with one attached hydrogen (secondary N) is 2. The van der Waals surface area contributed by atoms with E-state index in [9.17, 15) is 9.18 Å². The van der Waals surface area contributed by atoms with Gasteiger partial charge in [0.1, 0.15) is 19.0 Å². The number of rotatable bonds is 6. The Hall–Kier alpha value is -2.47. The Morgan fingerprint density at radius 1 is 1.08 bits per heavy atom. The maximum absolute atomic E-state index is 13.5. The van der Waals surface area contributed by atoms with Crippen molar-refractivity contribution in [2.45, 2.75) is 12.8 Å². The van der Waals surface area contributed by atoms with Gasteiger partial charge in [-0.05, 0) is 42.2 Å². The molecule has 0 aromatic heterocycles. The maximum atomic E-state index is 13.5. The number of ether oxygens (including phenoxy) is 2. The van der Waals surface area contributed by atoms with Gasteiger partial charge in [0.25, 0.3) is 0 Å². The highest BCUT2D eigenvalue weighted by Gasteiger charge is 2.16. The van der Waals surface area contributed by atoms with E-state index in [4.69, 9.17) is 21.1 Å². The van der Waals surface area contributed by atoms with Gasteiger partial charge in [0, 0.05) is 13.1 Å². The van der Waals surface area contributed by atoms with Crippen LogP contribution in [-0.2, 0) is 12.8 Å². The zero-order valence-electron chi connectivity index (χ0n) is 14.2. The van der Waals surface area contributed by atoms with Crippen molar-refractivity contribution in [3.05, 3.63) is 58.4 Å². The average Bonchev–Trinajstić information content (AvgIpc) is 2.63. The monoisotopic (exact) mass is 378 g/mol. The Morgan fingerprint density at radius 3 is 2.62 bits per heavy atom. The highest BCUT2D eigenvalue weighted by atomic mass is 35.5. The second kappa shape index (κ2) is 8.76. The molecule has 0 atom stereocenters. The van der Waals surface area contributed by atoms with Crippen LogP contribution in [0.4, 0.5) is 9.18 Å². The predicted octanol–water partition coefficient (Wildman–Crippen LogP) is 3.33. The summed E-state index contributed by atoms with van der Waals surface area (Å²) in [6, 6.07) is 9.93. The minimum Gasteiger partial charge on any atom is -0.486 e. The Bertz CT molecular complexity index is 785. The molecule has 0 fully saturated rings. The average molecular weight is 379 g/mol. The molecule has 0 spiro atoms. The van der Waals surface area contributed by atoms with Crippen LogP contribution in [0.15, 0.2) is 36.4 Å². The smallest absolute Gasteiger partial charge is 0.314 e. The molecule has 0 saturated carbocycles. The lowest BCUT2D eigenvalue weighted by atomic mass is 10.1. The summed E-state index contributed by atoms with van der Waals surface area (Å²) in [5.74, 6) is 0.943. The van der Waals surface area contributed by atoms with Crippen LogP contribution in [0, 0.1) is 5.82 Å². The zero-order valence-corrected chi connectivity index (χ0v) is 14.9.